The number of aromatic nitrogens is 3. The SMILES string of the molecule is C=Cc1nccc(Oc2cccc3cc(C(=O)Nc4cc(C(C)(C)C)cc(C(=O)NC)c4OC)n(C)c23)n1. The molecule has 2 N–H and O–H groups in total. The van der Waals surface area contributed by atoms with Gasteiger partial charge in [-0.25, -0.2) is 4.98 Å². The van der Waals surface area contributed by atoms with Crippen molar-refractivity contribution in [1.82, 2.24) is 19.9 Å². The number of hydrogen-bond donors (Lipinski definition) is 2. The number of benzene rings is 2. The Kier molecular flexibility index (Phi) is 7.21. The molecule has 0 bridgehead atoms. The van der Waals surface area contributed by atoms with E-state index >= 15 is 0 Å². The third-order valence-electron chi connectivity index (χ3n) is 6.18. The maximum atomic E-state index is 13.6. The minimum absolute atomic E-state index is 0.271. The van der Waals surface area contributed by atoms with E-state index in [1.807, 2.05) is 45.0 Å². The number of para-hydroxylation sites is 1. The van der Waals surface area contributed by atoms with Crippen molar-refractivity contribution in [1.29, 1.82) is 0 Å². The van der Waals surface area contributed by atoms with E-state index in [1.165, 1.54) is 13.2 Å². The van der Waals surface area contributed by atoms with Crippen LogP contribution in [0.2, 0.25) is 0 Å². The number of nitrogens with zero attached hydrogens (tertiary/aromatic N) is 3. The molecule has 4 aromatic rings. The van der Waals surface area contributed by atoms with E-state index in [9.17, 15) is 9.59 Å². The van der Waals surface area contributed by atoms with Gasteiger partial charge < -0.3 is 24.7 Å². The van der Waals surface area contributed by atoms with Crippen LogP contribution in [0.5, 0.6) is 17.4 Å². The van der Waals surface area contributed by atoms with Gasteiger partial charge in [0.05, 0.1) is 23.9 Å². The Bertz CT molecular complexity index is 1550. The van der Waals surface area contributed by atoms with E-state index in [1.54, 1.807) is 43.1 Å². The molecule has 0 radical (unpaired) electrons. The average molecular weight is 514 g/mol. The van der Waals surface area contributed by atoms with E-state index in [2.05, 4.69) is 27.2 Å². The lowest BCUT2D eigenvalue weighted by atomic mass is 9.85. The van der Waals surface area contributed by atoms with Crippen LogP contribution in [-0.2, 0) is 12.5 Å². The first-order chi connectivity index (χ1) is 18.1. The second kappa shape index (κ2) is 10.4. The molecular weight excluding hydrogens is 482 g/mol. The Balaban J connectivity index is 1.75. The molecule has 0 aliphatic carbocycles. The van der Waals surface area contributed by atoms with Gasteiger partial charge in [0.2, 0.25) is 5.88 Å². The molecule has 0 saturated heterocycles. The highest BCUT2D eigenvalue weighted by Gasteiger charge is 2.25. The molecule has 9 nitrogen and oxygen atoms in total. The standard InChI is InChI=1S/C29H31N5O4/c1-8-23-31-13-12-24(33-23)38-22-11-9-10-17-14-21(34(6)25(17)22)28(36)32-20-16-18(29(2,3)4)15-19(26(20)37-7)27(35)30-5/h8-16H,1H2,2-7H3,(H,30,35)(H,32,36). The van der Waals surface area contributed by atoms with Gasteiger partial charge in [0.1, 0.15) is 5.69 Å². The van der Waals surface area contributed by atoms with Crippen LogP contribution in [0.1, 0.15) is 53.0 Å². The number of aryl methyl sites for hydroxylation is 1. The van der Waals surface area contributed by atoms with Crippen molar-refractivity contribution in [3.63, 3.8) is 0 Å². The number of fused-ring (bicyclic) bond motifs is 1. The number of carbonyl (C=O) groups excluding carboxylic acids is 2. The predicted molar refractivity (Wildman–Crippen MR) is 148 cm³/mol. The van der Waals surface area contributed by atoms with Gasteiger partial charge in [0.25, 0.3) is 11.8 Å². The summed E-state index contributed by atoms with van der Waals surface area (Å²) in [6, 6.07) is 12.6. The van der Waals surface area contributed by atoms with Crippen LogP contribution >= 0.6 is 0 Å². The normalized spacial score (nSPS) is 11.2. The molecule has 2 aromatic heterocycles. The quantitative estimate of drug-likeness (QED) is 0.346. The van der Waals surface area contributed by atoms with E-state index in [-0.39, 0.29) is 23.0 Å². The second-order valence-corrected chi connectivity index (χ2v) is 9.73. The van der Waals surface area contributed by atoms with E-state index in [0.717, 1.165) is 16.5 Å². The van der Waals surface area contributed by atoms with Crippen LogP contribution < -0.4 is 20.1 Å². The number of carbonyl (C=O) groups is 2. The first kappa shape index (κ1) is 26.4. The third-order valence-corrected chi connectivity index (χ3v) is 6.18. The molecule has 38 heavy (non-hydrogen) atoms. The molecule has 0 saturated carbocycles. The van der Waals surface area contributed by atoms with Gasteiger partial charge >= 0.3 is 0 Å². The van der Waals surface area contributed by atoms with Gasteiger partial charge in [-0.3, -0.25) is 9.59 Å². The van der Waals surface area contributed by atoms with Crippen LogP contribution in [0.3, 0.4) is 0 Å². The van der Waals surface area contributed by atoms with Gasteiger partial charge in [0, 0.05) is 31.7 Å². The number of nitrogens with one attached hydrogen (secondary N) is 2. The Morgan fingerprint density at radius 1 is 1.11 bits per heavy atom. The van der Waals surface area contributed by atoms with Crippen molar-refractivity contribution in [3.05, 3.63) is 77.9 Å². The molecule has 0 aliphatic heterocycles. The summed E-state index contributed by atoms with van der Waals surface area (Å²) in [5.41, 5.74) is 2.47. The summed E-state index contributed by atoms with van der Waals surface area (Å²) in [7, 11) is 4.82. The van der Waals surface area contributed by atoms with Crippen LogP contribution in [0, 0.1) is 0 Å². The van der Waals surface area contributed by atoms with Gasteiger partial charge in [-0.05, 0) is 41.3 Å². The topological polar surface area (TPSA) is 107 Å². The fourth-order valence-electron chi connectivity index (χ4n) is 4.17. The number of hydrogen-bond acceptors (Lipinski definition) is 6. The number of anilines is 1. The molecule has 9 heteroatoms. The van der Waals surface area contributed by atoms with Crippen molar-refractivity contribution in [3.8, 4) is 17.4 Å². The third kappa shape index (κ3) is 5.08. The molecule has 2 aromatic carbocycles. The first-order valence-electron chi connectivity index (χ1n) is 12.0. The van der Waals surface area contributed by atoms with Gasteiger partial charge in [0.15, 0.2) is 17.3 Å². The minimum Gasteiger partial charge on any atom is -0.494 e. The highest BCUT2D eigenvalue weighted by atomic mass is 16.5. The van der Waals surface area contributed by atoms with Crippen molar-refractivity contribution < 1.29 is 19.1 Å². The van der Waals surface area contributed by atoms with E-state index in [4.69, 9.17) is 9.47 Å². The fraction of sp³-hybridized carbons (Fsp3) is 0.241. The van der Waals surface area contributed by atoms with E-state index < -0.39 is 0 Å². The molecule has 196 valence electrons. The Morgan fingerprint density at radius 2 is 1.87 bits per heavy atom. The lowest BCUT2D eigenvalue weighted by molar-refractivity contribution is 0.0957. The predicted octanol–water partition coefficient (Wildman–Crippen LogP) is 5.32. The zero-order valence-electron chi connectivity index (χ0n) is 22.4. The smallest absolute Gasteiger partial charge is 0.272 e. The summed E-state index contributed by atoms with van der Waals surface area (Å²) >= 11 is 0. The zero-order chi connectivity index (χ0) is 27.6. The summed E-state index contributed by atoms with van der Waals surface area (Å²) in [4.78, 5) is 34.6. The number of rotatable bonds is 7. The molecule has 2 heterocycles. The first-order valence-corrected chi connectivity index (χ1v) is 12.0. The van der Waals surface area contributed by atoms with Crippen molar-refractivity contribution in [2.24, 2.45) is 7.05 Å². The largest absolute Gasteiger partial charge is 0.494 e. The maximum absolute atomic E-state index is 13.6. The minimum atomic E-state index is -0.363. The monoisotopic (exact) mass is 513 g/mol. The van der Waals surface area contributed by atoms with Crippen LogP contribution in [-0.4, -0.2) is 40.5 Å². The number of amides is 2. The van der Waals surface area contributed by atoms with E-state index in [0.29, 0.717) is 34.4 Å². The van der Waals surface area contributed by atoms with Crippen LogP contribution in [0.25, 0.3) is 17.0 Å². The molecule has 4 rings (SSSR count). The fourth-order valence-corrected chi connectivity index (χ4v) is 4.17. The Hall–Kier alpha value is -4.66. The van der Waals surface area contributed by atoms with Crippen LogP contribution in [0.4, 0.5) is 5.69 Å². The number of methoxy groups -OCH3 is 1. The molecule has 2 amide bonds. The zero-order valence-corrected chi connectivity index (χ0v) is 22.4. The Labute approximate surface area is 221 Å². The number of ether oxygens (including phenoxy) is 2. The van der Waals surface area contributed by atoms with Gasteiger partial charge in [-0.1, -0.05) is 39.5 Å². The summed E-state index contributed by atoms with van der Waals surface area (Å²) in [5, 5.41) is 6.42. The highest BCUT2D eigenvalue weighted by molar-refractivity contribution is 6.09. The lowest BCUT2D eigenvalue weighted by Gasteiger charge is -2.23. The van der Waals surface area contributed by atoms with Crippen molar-refractivity contribution in [2.75, 3.05) is 19.5 Å². The molecule has 0 atom stereocenters. The average Bonchev–Trinajstić information content (AvgIpc) is 3.24. The maximum Gasteiger partial charge on any atom is 0.272 e. The second-order valence-electron chi connectivity index (χ2n) is 9.73. The van der Waals surface area contributed by atoms with Gasteiger partial charge in [-0.2, -0.15) is 4.98 Å². The lowest BCUT2D eigenvalue weighted by Crippen LogP contribution is -2.23. The highest BCUT2D eigenvalue weighted by Crippen LogP contribution is 2.36. The Morgan fingerprint density at radius 3 is 2.53 bits per heavy atom. The van der Waals surface area contributed by atoms with Crippen molar-refractivity contribution in [2.45, 2.75) is 26.2 Å². The molecule has 0 spiro atoms. The molecule has 0 unspecified atom stereocenters. The molecule has 0 aliphatic rings. The summed E-state index contributed by atoms with van der Waals surface area (Å²) in [5.74, 6) is 0.962. The summed E-state index contributed by atoms with van der Waals surface area (Å²) < 4.78 is 13.4. The summed E-state index contributed by atoms with van der Waals surface area (Å²) in [6.07, 6.45) is 3.13. The van der Waals surface area contributed by atoms with Crippen molar-refractivity contribution >= 4 is 34.5 Å². The molecule has 0 fully saturated rings. The van der Waals surface area contributed by atoms with Gasteiger partial charge in [-0.15, -0.1) is 0 Å². The van der Waals surface area contributed by atoms with Crippen LogP contribution in [0.15, 0.2) is 55.2 Å². The summed E-state index contributed by atoms with van der Waals surface area (Å²) in [6.45, 7) is 9.80. The molecular formula is C29H31N5O4.